The zero-order valence-corrected chi connectivity index (χ0v) is 12.1. The average molecular weight is 269 g/mol. The fourth-order valence-corrected chi connectivity index (χ4v) is 3.19. The second-order valence-electron chi connectivity index (χ2n) is 5.27. The summed E-state index contributed by atoms with van der Waals surface area (Å²) in [4.78, 5) is 14.1. The second kappa shape index (κ2) is 5.45. The van der Waals surface area contributed by atoms with Gasteiger partial charge in [0.15, 0.2) is 5.78 Å². The van der Waals surface area contributed by atoms with E-state index in [1.54, 1.807) is 0 Å². The van der Waals surface area contributed by atoms with E-state index in [0.717, 1.165) is 17.8 Å². The van der Waals surface area contributed by atoms with E-state index in [1.165, 1.54) is 25.1 Å². The molecule has 1 aliphatic rings. The molecule has 0 saturated carbocycles. The van der Waals surface area contributed by atoms with Crippen molar-refractivity contribution in [1.82, 2.24) is 9.47 Å². The topological polar surface area (TPSA) is 25.2 Å². The molecule has 1 unspecified atom stereocenters. The minimum atomic E-state index is 0.0279. The van der Waals surface area contributed by atoms with Crippen molar-refractivity contribution < 1.29 is 4.79 Å². The lowest BCUT2D eigenvalue weighted by molar-refractivity contribution is 0.102. The molecular weight excluding hydrogens is 248 g/mol. The highest BCUT2D eigenvalue weighted by Gasteiger charge is 2.23. The van der Waals surface area contributed by atoms with Gasteiger partial charge in [-0.2, -0.15) is 0 Å². The minimum Gasteiger partial charge on any atom is -0.344 e. The zero-order valence-electron chi connectivity index (χ0n) is 11.4. The number of aryl methyl sites for hydroxylation is 1. The maximum absolute atomic E-state index is 11.8. The van der Waals surface area contributed by atoms with Crippen molar-refractivity contribution >= 4 is 17.4 Å². The van der Waals surface area contributed by atoms with Crippen molar-refractivity contribution in [2.75, 3.05) is 26.0 Å². The number of piperidine rings is 1. The molecule has 1 fully saturated rings. The fraction of sp³-hybridized carbons (Fsp3) is 0.643. The molecule has 1 atom stereocenters. The van der Waals surface area contributed by atoms with Crippen molar-refractivity contribution in [3.8, 4) is 0 Å². The maximum atomic E-state index is 11.8. The predicted molar refractivity (Wildman–Crippen MR) is 74.7 cm³/mol. The number of Topliss-reactive ketones (excluding diaryl/α,β-unsaturated/α-hetero) is 1. The molecule has 0 radical (unpaired) electrons. The van der Waals surface area contributed by atoms with E-state index in [4.69, 9.17) is 11.6 Å². The molecular formula is C14H21ClN2O. The van der Waals surface area contributed by atoms with E-state index in [2.05, 4.69) is 23.4 Å². The number of aromatic nitrogens is 1. The van der Waals surface area contributed by atoms with Crippen LogP contribution in [0, 0.1) is 13.8 Å². The van der Waals surface area contributed by atoms with Gasteiger partial charge in [0.05, 0.1) is 5.88 Å². The van der Waals surface area contributed by atoms with Gasteiger partial charge in [-0.1, -0.05) is 0 Å². The zero-order chi connectivity index (χ0) is 13.3. The number of alkyl halides is 1. The van der Waals surface area contributed by atoms with Gasteiger partial charge in [-0.15, -0.1) is 11.6 Å². The molecule has 2 rings (SSSR count). The van der Waals surface area contributed by atoms with Crippen LogP contribution in [0.1, 0.15) is 40.6 Å². The second-order valence-corrected chi connectivity index (χ2v) is 5.54. The largest absolute Gasteiger partial charge is 0.344 e. The third-order valence-corrected chi connectivity index (χ3v) is 4.11. The maximum Gasteiger partial charge on any atom is 0.179 e. The van der Waals surface area contributed by atoms with E-state index in [-0.39, 0.29) is 11.7 Å². The molecule has 18 heavy (non-hydrogen) atoms. The molecule has 3 nitrogen and oxygen atoms in total. The predicted octanol–water partition coefficient (Wildman–Crippen LogP) is 2.79. The lowest BCUT2D eigenvalue weighted by atomic mass is 10.1. The molecule has 1 aliphatic heterocycles. The molecule has 4 heteroatoms. The monoisotopic (exact) mass is 268 g/mol. The Morgan fingerprint density at radius 1 is 1.50 bits per heavy atom. The van der Waals surface area contributed by atoms with Crippen molar-refractivity contribution in [2.45, 2.75) is 32.7 Å². The number of nitrogens with zero attached hydrogens (tertiary/aromatic N) is 2. The summed E-state index contributed by atoms with van der Waals surface area (Å²) in [6.07, 6.45) is 2.41. The summed E-state index contributed by atoms with van der Waals surface area (Å²) in [5, 5.41) is 0. The Morgan fingerprint density at radius 3 is 2.83 bits per heavy atom. The summed E-state index contributed by atoms with van der Waals surface area (Å²) < 4.78 is 2.31. The Morgan fingerprint density at radius 2 is 2.22 bits per heavy atom. The Kier molecular flexibility index (Phi) is 4.13. The van der Waals surface area contributed by atoms with E-state index in [9.17, 15) is 4.79 Å². The first-order valence-electron chi connectivity index (χ1n) is 6.50. The standard InChI is InChI=1S/C14H21ClN2O/c1-10-7-13(14(18)8-15)11(2)17(10)12-5-4-6-16(3)9-12/h7,12H,4-6,8-9H2,1-3H3. The average Bonchev–Trinajstić information content (AvgIpc) is 2.64. The Hall–Kier alpha value is -0.800. The number of hydrogen-bond acceptors (Lipinski definition) is 2. The summed E-state index contributed by atoms with van der Waals surface area (Å²) in [7, 11) is 2.16. The van der Waals surface area contributed by atoms with Crippen LogP contribution in [0.5, 0.6) is 0 Å². The molecule has 0 N–H and O–H groups in total. The molecule has 1 aromatic rings. The molecule has 2 heterocycles. The minimum absolute atomic E-state index is 0.0279. The van der Waals surface area contributed by atoms with Crippen molar-refractivity contribution in [3.63, 3.8) is 0 Å². The third-order valence-electron chi connectivity index (χ3n) is 3.87. The van der Waals surface area contributed by atoms with Gasteiger partial charge in [-0.05, 0) is 46.3 Å². The highest BCUT2D eigenvalue weighted by molar-refractivity contribution is 6.30. The number of likely N-dealkylation sites (N-methyl/N-ethyl adjacent to an activating group) is 1. The SMILES string of the molecule is Cc1cc(C(=O)CCl)c(C)n1C1CCCN(C)C1. The summed E-state index contributed by atoms with van der Waals surface area (Å²) in [6, 6.07) is 2.47. The number of ketones is 1. The molecule has 1 aromatic heterocycles. The molecule has 0 aliphatic carbocycles. The Balaban J connectivity index is 2.33. The van der Waals surface area contributed by atoms with Crippen LogP contribution < -0.4 is 0 Å². The van der Waals surface area contributed by atoms with Gasteiger partial charge >= 0.3 is 0 Å². The van der Waals surface area contributed by atoms with Crippen LogP contribution >= 0.6 is 11.6 Å². The quantitative estimate of drug-likeness (QED) is 0.622. The van der Waals surface area contributed by atoms with E-state index < -0.39 is 0 Å². The highest BCUT2D eigenvalue weighted by atomic mass is 35.5. The van der Waals surface area contributed by atoms with Gasteiger partial charge in [0.1, 0.15) is 0 Å². The van der Waals surface area contributed by atoms with Crippen LogP contribution in [0.3, 0.4) is 0 Å². The molecule has 0 spiro atoms. The fourth-order valence-electron chi connectivity index (χ4n) is 3.04. The lowest BCUT2D eigenvalue weighted by Gasteiger charge is -2.32. The number of likely N-dealkylation sites (tertiary alicyclic amines) is 1. The van der Waals surface area contributed by atoms with Crippen LogP contribution in [0.25, 0.3) is 0 Å². The third kappa shape index (κ3) is 2.47. The number of hydrogen-bond donors (Lipinski definition) is 0. The summed E-state index contributed by atoms with van der Waals surface area (Å²) in [6.45, 7) is 6.34. The van der Waals surface area contributed by atoms with Gasteiger partial charge in [0.25, 0.3) is 0 Å². The number of rotatable bonds is 3. The normalized spacial score (nSPS) is 21.2. The van der Waals surface area contributed by atoms with Crippen LogP contribution in [-0.4, -0.2) is 41.3 Å². The van der Waals surface area contributed by atoms with Crippen LogP contribution in [0.4, 0.5) is 0 Å². The lowest BCUT2D eigenvalue weighted by Crippen LogP contribution is -2.34. The van der Waals surface area contributed by atoms with Gasteiger partial charge < -0.3 is 9.47 Å². The van der Waals surface area contributed by atoms with Gasteiger partial charge in [0, 0.05) is 29.5 Å². The first-order valence-corrected chi connectivity index (χ1v) is 7.04. The van der Waals surface area contributed by atoms with Gasteiger partial charge in [-0.3, -0.25) is 4.79 Å². The first kappa shape index (κ1) is 13.6. The Labute approximate surface area is 114 Å². The smallest absolute Gasteiger partial charge is 0.179 e. The van der Waals surface area contributed by atoms with Gasteiger partial charge in [-0.25, -0.2) is 0 Å². The Bertz CT molecular complexity index is 453. The van der Waals surface area contributed by atoms with E-state index >= 15 is 0 Å². The molecule has 0 amide bonds. The van der Waals surface area contributed by atoms with E-state index in [0.29, 0.717) is 6.04 Å². The van der Waals surface area contributed by atoms with Gasteiger partial charge in [0.2, 0.25) is 0 Å². The number of carbonyl (C=O) groups excluding carboxylic acids is 1. The summed E-state index contributed by atoms with van der Waals surface area (Å²) in [5.74, 6) is 0.0923. The van der Waals surface area contributed by atoms with Crippen molar-refractivity contribution in [3.05, 3.63) is 23.0 Å². The van der Waals surface area contributed by atoms with Crippen molar-refractivity contribution in [2.24, 2.45) is 0 Å². The molecule has 0 aromatic carbocycles. The summed E-state index contributed by atoms with van der Waals surface area (Å²) >= 11 is 5.66. The highest BCUT2D eigenvalue weighted by Crippen LogP contribution is 2.27. The molecule has 100 valence electrons. The van der Waals surface area contributed by atoms with Crippen LogP contribution in [-0.2, 0) is 0 Å². The number of halogens is 1. The summed E-state index contributed by atoms with van der Waals surface area (Å²) in [5.41, 5.74) is 3.02. The molecule has 1 saturated heterocycles. The van der Waals surface area contributed by atoms with Crippen LogP contribution in [0.15, 0.2) is 6.07 Å². The molecule has 0 bridgehead atoms. The first-order chi connectivity index (χ1) is 8.54. The van der Waals surface area contributed by atoms with Crippen molar-refractivity contribution in [1.29, 1.82) is 0 Å². The number of carbonyl (C=O) groups is 1. The van der Waals surface area contributed by atoms with Crippen LogP contribution in [0.2, 0.25) is 0 Å². The van der Waals surface area contributed by atoms with E-state index in [1.807, 2.05) is 13.0 Å².